The molecule has 0 spiro atoms. The molecule has 22 heteroatoms. The van der Waals surface area contributed by atoms with E-state index in [9.17, 15) is 0 Å². The van der Waals surface area contributed by atoms with E-state index in [2.05, 4.69) is 65.1 Å². The van der Waals surface area contributed by atoms with Crippen molar-refractivity contribution in [2.24, 2.45) is 0 Å². The van der Waals surface area contributed by atoms with Crippen molar-refractivity contribution in [3.8, 4) is 63.3 Å². The van der Waals surface area contributed by atoms with Gasteiger partial charge >= 0.3 is 0 Å². The molecule has 0 atom stereocenters. The van der Waals surface area contributed by atoms with Gasteiger partial charge in [-0.3, -0.25) is 9.97 Å². The predicted molar refractivity (Wildman–Crippen MR) is 350 cm³/mol. The SMILES string of the molecule is COc1ccc2nc(-c3cnc(Nc4ccccc4)nc3)oc2c1.Cc1ccc(-c2nc3ccccc3o2)nc1.Cc1ccc2nc(-c3cnc(N)nc3)oc2c1.Cc1ccc2oc(-c3ccc(C)nc3)nc2c1.Nc1ccc(-c2nc3ccc(N)cc3o2)nc1. The first-order valence-electron chi connectivity index (χ1n) is 28.3. The van der Waals surface area contributed by atoms with E-state index in [1.54, 1.807) is 74.6 Å². The van der Waals surface area contributed by atoms with Crippen molar-refractivity contribution in [1.82, 2.24) is 59.8 Å². The van der Waals surface area contributed by atoms with Gasteiger partial charge in [-0.05, 0) is 148 Å². The molecule has 0 bridgehead atoms. The third kappa shape index (κ3) is 14.4. The Morgan fingerprint density at radius 2 is 0.857 bits per heavy atom. The van der Waals surface area contributed by atoms with Crippen molar-refractivity contribution >= 4 is 84.5 Å². The number of nitrogens with one attached hydrogen (secondary N) is 1. The Bertz CT molecular complexity index is 4770. The van der Waals surface area contributed by atoms with Crippen LogP contribution in [-0.2, 0) is 0 Å². The van der Waals surface area contributed by atoms with Crippen molar-refractivity contribution in [3.05, 3.63) is 230 Å². The van der Waals surface area contributed by atoms with Gasteiger partial charge in [0.15, 0.2) is 27.9 Å². The molecular formula is C69H56N16O6. The number of nitrogen functional groups attached to an aromatic ring is 3. The van der Waals surface area contributed by atoms with Gasteiger partial charge in [-0.1, -0.05) is 48.5 Å². The van der Waals surface area contributed by atoms with Crippen molar-refractivity contribution in [2.45, 2.75) is 27.7 Å². The zero-order valence-electron chi connectivity index (χ0n) is 49.7. The quantitative estimate of drug-likeness (QED) is 0.103. The highest BCUT2D eigenvalue weighted by Crippen LogP contribution is 2.30. The molecule has 0 aliphatic carbocycles. The van der Waals surface area contributed by atoms with E-state index in [4.69, 9.17) is 44.0 Å². The number of oxazole rings is 5. The molecule has 10 aromatic heterocycles. The van der Waals surface area contributed by atoms with Crippen LogP contribution in [0.15, 0.2) is 229 Å². The van der Waals surface area contributed by atoms with Crippen LogP contribution >= 0.6 is 0 Å². The number of methoxy groups -OCH3 is 1. The van der Waals surface area contributed by atoms with Gasteiger partial charge in [-0.15, -0.1) is 0 Å². The first-order valence-corrected chi connectivity index (χ1v) is 28.3. The third-order valence-corrected chi connectivity index (χ3v) is 13.5. The second kappa shape index (κ2) is 26.5. The number of ether oxygens (including phenoxy) is 1. The predicted octanol–water partition coefficient (Wildman–Crippen LogP) is 15.0. The third-order valence-electron chi connectivity index (χ3n) is 13.5. The average molecular weight is 1210 g/mol. The average Bonchev–Trinajstić information content (AvgIpc) is 2.86. The van der Waals surface area contributed by atoms with Gasteiger partial charge in [0, 0.05) is 66.4 Å². The van der Waals surface area contributed by atoms with E-state index in [1.807, 2.05) is 167 Å². The van der Waals surface area contributed by atoms with E-state index in [-0.39, 0.29) is 5.95 Å². The fourth-order valence-electron chi connectivity index (χ4n) is 8.83. The van der Waals surface area contributed by atoms with Gasteiger partial charge in [0.25, 0.3) is 0 Å². The van der Waals surface area contributed by atoms with Crippen LogP contribution in [-0.4, -0.2) is 66.9 Å². The van der Waals surface area contributed by atoms with E-state index in [0.29, 0.717) is 74.8 Å². The van der Waals surface area contributed by atoms with Crippen molar-refractivity contribution in [3.63, 3.8) is 0 Å². The number of nitrogens with two attached hydrogens (primary N) is 3. The summed E-state index contributed by atoms with van der Waals surface area (Å²) < 4.78 is 33.5. The number of pyridine rings is 3. The standard InChI is InChI=1S/C18H14N4O2.C14H12N2O.C13H10N2O.2C12H10N4O/c1-23-14-7-8-15-16(9-14)24-17(22-15)12-10-19-18(20-11-12)21-13-5-3-2-4-6-13;1-9-3-6-13-12(7-9)16-14(17-13)11-5-4-10(2)15-8-11;1-9-6-7-11(14-8-9)13-15-10-4-2-3-5-12(10)16-13;1-7-2-3-9-10(4-7)17-11(16-9)8-5-14-12(13)15-6-8;13-7-1-3-9-11(5-7)17-12(16-9)10-4-2-8(14)6-15-10/h2-11H,1H3,(H,19,20,21);3-8H,1-2H3;2-8H,1H3;2-6H,1H3,(H2,13,14,15);1-6H,13-14H2. The Hall–Kier alpha value is -12.7. The van der Waals surface area contributed by atoms with Crippen LogP contribution in [0.1, 0.15) is 22.4 Å². The van der Waals surface area contributed by atoms with Crippen LogP contribution < -0.4 is 27.3 Å². The molecule has 0 fully saturated rings. The number of para-hydroxylation sites is 3. The molecule has 91 heavy (non-hydrogen) atoms. The molecule has 0 saturated heterocycles. The molecule has 6 aromatic carbocycles. The van der Waals surface area contributed by atoms with E-state index in [1.165, 1.54) is 5.56 Å². The lowest BCUT2D eigenvalue weighted by molar-refractivity contribution is 0.414. The lowest BCUT2D eigenvalue weighted by atomic mass is 10.2. The van der Waals surface area contributed by atoms with Crippen LogP contribution in [0.3, 0.4) is 0 Å². The highest BCUT2D eigenvalue weighted by Gasteiger charge is 2.14. The van der Waals surface area contributed by atoms with Crippen LogP contribution in [0.2, 0.25) is 0 Å². The number of benzene rings is 6. The maximum atomic E-state index is 5.76. The minimum Gasteiger partial charge on any atom is -0.497 e. The number of rotatable bonds is 8. The van der Waals surface area contributed by atoms with Crippen LogP contribution in [0.4, 0.5) is 29.0 Å². The van der Waals surface area contributed by atoms with E-state index < -0.39 is 0 Å². The van der Waals surface area contributed by atoms with Crippen molar-refractivity contribution < 1.29 is 26.8 Å². The van der Waals surface area contributed by atoms with Gasteiger partial charge in [0.05, 0.1) is 35.7 Å². The lowest BCUT2D eigenvalue weighted by Gasteiger charge is -2.03. The normalized spacial score (nSPS) is 10.8. The number of anilines is 5. The number of fused-ring (bicyclic) bond motifs is 5. The summed E-state index contributed by atoms with van der Waals surface area (Å²) in [6.07, 6.45) is 11.7. The zero-order chi connectivity index (χ0) is 62.8. The Morgan fingerprint density at radius 1 is 0.352 bits per heavy atom. The molecule has 0 radical (unpaired) electrons. The number of aromatic nitrogens is 12. The molecule has 448 valence electrons. The first-order chi connectivity index (χ1) is 44.3. The first kappa shape index (κ1) is 58.7. The van der Waals surface area contributed by atoms with Crippen molar-refractivity contribution in [2.75, 3.05) is 29.6 Å². The van der Waals surface area contributed by atoms with Crippen LogP contribution in [0.25, 0.3) is 113 Å². The van der Waals surface area contributed by atoms with E-state index >= 15 is 0 Å². The molecule has 0 amide bonds. The van der Waals surface area contributed by atoms with Gasteiger partial charge < -0.3 is 49.3 Å². The molecular weight excluding hydrogens is 1150 g/mol. The maximum Gasteiger partial charge on any atom is 0.246 e. The van der Waals surface area contributed by atoms with Gasteiger partial charge in [0.2, 0.25) is 41.4 Å². The molecule has 0 aliphatic heterocycles. The van der Waals surface area contributed by atoms with Crippen LogP contribution in [0.5, 0.6) is 5.75 Å². The van der Waals surface area contributed by atoms with Gasteiger partial charge in [-0.2, -0.15) is 0 Å². The van der Waals surface area contributed by atoms with Crippen molar-refractivity contribution in [1.29, 1.82) is 0 Å². The molecule has 16 aromatic rings. The summed E-state index contributed by atoms with van der Waals surface area (Å²) in [7, 11) is 1.62. The molecule has 10 heterocycles. The lowest BCUT2D eigenvalue weighted by Crippen LogP contribution is -1.96. The number of aryl methyl sites for hydroxylation is 4. The molecule has 16 rings (SSSR count). The maximum absolute atomic E-state index is 5.76. The van der Waals surface area contributed by atoms with Gasteiger partial charge in [0.1, 0.15) is 44.7 Å². The summed E-state index contributed by atoms with van der Waals surface area (Å²) in [5, 5.41) is 3.13. The van der Waals surface area contributed by atoms with Gasteiger partial charge in [-0.25, -0.2) is 49.8 Å². The summed E-state index contributed by atoms with van der Waals surface area (Å²) >= 11 is 0. The summed E-state index contributed by atoms with van der Waals surface area (Å²) in [6, 6.07) is 51.5. The molecule has 0 unspecified atom stereocenters. The Balaban J connectivity index is 0.000000111. The molecule has 0 saturated carbocycles. The Kier molecular flexibility index (Phi) is 17.1. The monoisotopic (exact) mass is 1200 g/mol. The molecule has 0 aliphatic rings. The highest BCUT2D eigenvalue weighted by atomic mass is 16.5. The topological polar surface area (TPSA) is 320 Å². The summed E-state index contributed by atoms with van der Waals surface area (Å²) in [6.45, 7) is 8.01. The number of hydrogen-bond donors (Lipinski definition) is 4. The fourth-order valence-corrected chi connectivity index (χ4v) is 8.83. The largest absolute Gasteiger partial charge is 0.497 e. The number of hydrogen-bond acceptors (Lipinski definition) is 22. The summed E-state index contributed by atoms with van der Waals surface area (Å²) in [4.78, 5) is 51.1. The minimum atomic E-state index is 0.237. The Morgan fingerprint density at radius 3 is 1.52 bits per heavy atom. The Labute approximate surface area is 519 Å². The summed E-state index contributed by atoms with van der Waals surface area (Å²) in [5.41, 5.74) is 34.8. The number of nitrogens with zero attached hydrogens (tertiary/aromatic N) is 12. The second-order valence-electron chi connectivity index (χ2n) is 20.6. The second-order valence-corrected chi connectivity index (χ2v) is 20.6. The molecule has 22 nitrogen and oxygen atoms in total. The fraction of sp³-hybridized carbons (Fsp3) is 0.0725. The minimum absolute atomic E-state index is 0.237. The summed E-state index contributed by atoms with van der Waals surface area (Å²) in [5.74, 6) is 4.12. The molecule has 7 N–H and O–H groups in total. The van der Waals surface area contributed by atoms with E-state index in [0.717, 1.165) is 83.8 Å². The highest BCUT2D eigenvalue weighted by molar-refractivity contribution is 5.81. The smallest absolute Gasteiger partial charge is 0.246 e. The zero-order valence-corrected chi connectivity index (χ0v) is 49.7. The van der Waals surface area contributed by atoms with Crippen LogP contribution in [0, 0.1) is 27.7 Å².